The van der Waals surface area contributed by atoms with Gasteiger partial charge in [0.15, 0.2) is 5.82 Å². The molecule has 1 fully saturated rings. The van der Waals surface area contributed by atoms with Gasteiger partial charge in [-0.2, -0.15) is 0 Å². The first-order valence-corrected chi connectivity index (χ1v) is 7.95. The Morgan fingerprint density at radius 3 is 2.82 bits per heavy atom. The van der Waals surface area contributed by atoms with E-state index in [9.17, 15) is 0 Å². The summed E-state index contributed by atoms with van der Waals surface area (Å²) >= 11 is 0. The second-order valence-corrected chi connectivity index (χ2v) is 5.72. The van der Waals surface area contributed by atoms with Crippen molar-refractivity contribution in [2.75, 3.05) is 13.7 Å². The summed E-state index contributed by atoms with van der Waals surface area (Å²) in [6.07, 6.45) is 3.44. The predicted molar refractivity (Wildman–Crippen MR) is 83.5 cm³/mol. The Morgan fingerprint density at radius 1 is 1.27 bits per heavy atom. The van der Waals surface area contributed by atoms with Gasteiger partial charge in [0, 0.05) is 12.6 Å². The van der Waals surface area contributed by atoms with Crippen molar-refractivity contribution >= 4 is 0 Å². The van der Waals surface area contributed by atoms with Crippen LogP contribution in [0.25, 0.3) is 0 Å². The van der Waals surface area contributed by atoms with Crippen LogP contribution in [0.5, 0.6) is 5.75 Å². The van der Waals surface area contributed by atoms with E-state index >= 15 is 0 Å². The van der Waals surface area contributed by atoms with Gasteiger partial charge in [0.25, 0.3) is 0 Å². The van der Waals surface area contributed by atoms with Gasteiger partial charge in [-0.25, -0.2) is 4.68 Å². The fourth-order valence-corrected chi connectivity index (χ4v) is 3.12. The highest BCUT2D eigenvalue weighted by Crippen LogP contribution is 2.33. The Bertz CT molecular complexity index is 595. The zero-order valence-corrected chi connectivity index (χ0v) is 13.3. The highest BCUT2D eigenvalue weighted by atomic mass is 16.5. The number of tetrazole rings is 1. The van der Waals surface area contributed by atoms with E-state index in [1.807, 2.05) is 16.8 Å². The molecule has 2 heterocycles. The summed E-state index contributed by atoms with van der Waals surface area (Å²) < 4.78 is 7.16. The molecule has 0 radical (unpaired) electrons. The summed E-state index contributed by atoms with van der Waals surface area (Å²) in [7, 11) is 1.70. The highest BCUT2D eigenvalue weighted by molar-refractivity contribution is 5.29. The van der Waals surface area contributed by atoms with Gasteiger partial charge in [-0.1, -0.05) is 19.1 Å². The summed E-state index contributed by atoms with van der Waals surface area (Å²) in [6.45, 7) is 4.92. The number of hydrogen-bond donors (Lipinski definition) is 0. The van der Waals surface area contributed by atoms with Crippen molar-refractivity contribution in [3.8, 4) is 5.75 Å². The van der Waals surface area contributed by atoms with Crippen LogP contribution in [-0.2, 0) is 13.1 Å². The molecule has 1 aliphatic rings. The summed E-state index contributed by atoms with van der Waals surface area (Å²) in [4.78, 5) is 2.47. The quantitative estimate of drug-likeness (QED) is 0.820. The maximum absolute atomic E-state index is 5.24. The van der Waals surface area contributed by atoms with Crippen molar-refractivity contribution in [1.29, 1.82) is 0 Å². The molecule has 1 unspecified atom stereocenters. The zero-order valence-electron chi connectivity index (χ0n) is 13.3. The number of likely N-dealkylation sites (tertiary alicyclic amines) is 1. The van der Waals surface area contributed by atoms with E-state index in [1.165, 1.54) is 18.4 Å². The second-order valence-electron chi connectivity index (χ2n) is 5.72. The molecule has 0 amide bonds. The van der Waals surface area contributed by atoms with Crippen LogP contribution < -0.4 is 4.74 Å². The number of aromatic nitrogens is 4. The Labute approximate surface area is 131 Å². The third-order valence-electron chi connectivity index (χ3n) is 4.25. The van der Waals surface area contributed by atoms with Crippen LogP contribution in [0.4, 0.5) is 0 Å². The molecule has 1 aromatic heterocycles. The SMILES string of the molecule is CCCn1nnnc1CN1CCCC1c1ccc(OC)cc1. The number of hydrogen-bond acceptors (Lipinski definition) is 5. The van der Waals surface area contributed by atoms with E-state index in [0.29, 0.717) is 6.04 Å². The standard InChI is InChI=1S/C16H23N5O/c1-3-10-21-16(17-18-19-21)12-20-11-4-5-15(20)13-6-8-14(22-2)9-7-13/h6-9,15H,3-5,10-12H2,1-2H3. The molecule has 22 heavy (non-hydrogen) atoms. The summed E-state index contributed by atoms with van der Waals surface area (Å²) in [6, 6.07) is 8.84. The predicted octanol–water partition coefficient (Wildman–Crippen LogP) is 2.43. The van der Waals surface area contributed by atoms with Crippen LogP contribution in [0.2, 0.25) is 0 Å². The average molecular weight is 301 g/mol. The largest absolute Gasteiger partial charge is 0.497 e. The summed E-state index contributed by atoms with van der Waals surface area (Å²) in [5, 5.41) is 12.1. The minimum Gasteiger partial charge on any atom is -0.497 e. The minimum absolute atomic E-state index is 0.442. The molecule has 1 saturated heterocycles. The van der Waals surface area contributed by atoms with Crippen molar-refractivity contribution in [2.24, 2.45) is 0 Å². The van der Waals surface area contributed by atoms with Gasteiger partial charge in [0.05, 0.1) is 13.7 Å². The van der Waals surface area contributed by atoms with Crippen LogP contribution in [0, 0.1) is 0 Å². The fraction of sp³-hybridized carbons (Fsp3) is 0.562. The second kappa shape index (κ2) is 6.87. The van der Waals surface area contributed by atoms with Crippen molar-refractivity contribution < 1.29 is 4.74 Å². The maximum atomic E-state index is 5.24. The summed E-state index contributed by atoms with van der Waals surface area (Å²) in [5.41, 5.74) is 1.34. The zero-order chi connectivity index (χ0) is 15.4. The topological polar surface area (TPSA) is 56.1 Å². The Balaban J connectivity index is 1.73. The smallest absolute Gasteiger partial charge is 0.165 e. The van der Waals surface area contributed by atoms with Gasteiger partial charge in [-0.05, 0) is 53.9 Å². The molecule has 118 valence electrons. The lowest BCUT2D eigenvalue weighted by Crippen LogP contribution is -2.25. The van der Waals surface area contributed by atoms with Crippen molar-refractivity contribution in [2.45, 2.75) is 45.3 Å². The number of aryl methyl sites for hydroxylation is 1. The molecular weight excluding hydrogens is 278 g/mol. The average Bonchev–Trinajstić information content (AvgIpc) is 3.18. The molecule has 2 aromatic rings. The number of rotatable bonds is 6. The Hall–Kier alpha value is -1.95. The first-order chi connectivity index (χ1) is 10.8. The lowest BCUT2D eigenvalue weighted by Gasteiger charge is -2.24. The third kappa shape index (κ3) is 3.11. The third-order valence-corrected chi connectivity index (χ3v) is 4.25. The van der Waals surface area contributed by atoms with Gasteiger partial charge in [-0.15, -0.1) is 5.10 Å². The van der Waals surface area contributed by atoms with E-state index < -0.39 is 0 Å². The van der Waals surface area contributed by atoms with Gasteiger partial charge in [0.2, 0.25) is 0 Å². The monoisotopic (exact) mass is 301 g/mol. The molecule has 1 aliphatic heterocycles. The fourth-order valence-electron chi connectivity index (χ4n) is 3.12. The molecule has 0 aliphatic carbocycles. The summed E-state index contributed by atoms with van der Waals surface area (Å²) in [5.74, 6) is 1.86. The number of benzene rings is 1. The maximum Gasteiger partial charge on any atom is 0.165 e. The molecule has 0 bridgehead atoms. The van der Waals surface area contributed by atoms with Crippen LogP contribution in [0.15, 0.2) is 24.3 Å². The lowest BCUT2D eigenvalue weighted by molar-refractivity contribution is 0.237. The van der Waals surface area contributed by atoms with E-state index in [0.717, 1.165) is 37.6 Å². The molecule has 1 atom stereocenters. The van der Waals surface area contributed by atoms with Crippen LogP contribution in [0.3, 0.4) is 0 Å². The van der Waals surface area contributed by atoms with E-state index in [2.05, 4.69) is 39.5 Å². The lowest BCUT2D eigenvalue weighted by atomic mass is 10.0. The van der Waals surface area contributed by atoms with E-state index in [-0.39, 0.29) is 0 Å². The first kappa shape index (κ1) is 15.0. The Kier molecular flexibility index (Phi) is 4.68. The van der Waals surface area contributed by atoms with E-state index in [1.54, 1.807) is 7.11 Å². The molecule has 3 rings (SSSR count). The molecule has 6 nitrogen and oxygen atoms in total. The van der Waals surface area contributed by atoms with Gasteiger partial charge in [-0.3, -0.25) is 4.90 Å². The van der Waals surface area contributed by atoms with Crippen LogP contribution in [-0.4, -0.2) is 38.8 Å². The van der Waals surface area contributed by atoms with Crippen LogP contribution in [0.1, 0.15) is 43.6 Å². The van der Waals surface area contributed by atoms with Crippen LogP contribution >= 0.6 is 0 Å². The van der Waals surface area contributed by atoms with Gasteiger partial charge in [0.1, 0.15) is 5.75 Å². The highest BCUT2D eigenvalue weighted by Gasteiger charge is 2.27. The number of ether oxygens (including phenoxy) is 1. The minimum atomic E-state index is 0.442. The van der Waals surface area contributed by atoms with Crippen molar-refractivity contribution in [3.63, 3.8) is 0 Å². The number of nitrogens with zero attached hydrogens (tertiary/aromatic N) is 5. The normalized spacial score (nSPS) is 18.7. The molecular formula is C16H23N5O. The van der Waals surface area contributed by atoms with Gasteiger partial charge >= 0.3 is 0 Å². The molecule has 0 N–H and O–H groups in total. The molecule has 0 saturated carbocycles. The number of methoxy groups -OCH3 is 1. The van der Waals surface area contributed by atoms with Crippen molar-refractivity contribution in [3.05, 3.63) is 35.7 Å². The first-order valence-electron chi connectivity index (χ1n) is 7.95. The van der Waals surface area contributed by atoms with E-state index in [4.69, 9.17) is 4.74 Å². The van der Waals surface area contributed by atoms with Gasteiger partial charge < -0.3 is 4.74 Å². The molecule has 1 aromatic carbocycles. The Morgan fingerprint density at radius 2 is 2.09 bits per heavy atom. The molecule has 0 spiro atoms. The van der Waals surface area contributed by atoms with Crippen molar-refractivity contribution in [1.82, 2.24) is 25.1 Å². The molecule has 6 heteroatoms.